The number of nitrogens with one attached hydrogen (secondary N) is 2. The zero-order valence-corrected chi connectivity index (χ0v) is 12.2. The van der Waals surface area contributed by atoms with Crippen molar-refractivity contribution in [2.45, 2.75) is 32.3 Å². The fourth-order valence-corrected chi connectivity index (χ4v) is 2.45. The quantitative estimate of drug-likeness (QED) is 0.875. The van der Waals surface area contributed by atoms with Gasteiger partial charge < -0.3 is 15.4 Å². The van der Waals surface area contributed by atoms with Gasteiger partial charge in [-0.15, -0.1) is 0 Å². The van der Waals surface area contributed by atoms with Gasteiger partial charge in [-0.05, 0) is 42.1 Å². The summed E-state index contributed by atoms with van der Waals surface area (Å²) >= 11 is 3.52. The Bertz CT molecular complexity index is 382. The maximum absolute atomic E-state index is 5.68. The third-order valence-corrected chi connectivity index (χ3v) is 3.66. The average Bonchev–Trinajstić information content (AvgIpc) is 2.41. The number of ether oxygens (including phenoxy) is 1. The summed E-state index contributed by atoms with van der Waals surface area (Å²) in [6.45, 7) is 4.54. The Morgan fingerprint density at radius 3 is 2.78 bits per heavy atom. The number of hydrogen-bond donors (Lipinski definition) is 2. The highest BCUT2D eigenvalue weighted by molar-refractivity contribution is 9.10. The molecule has 0 radical (unpaired) electrons. The van der Waals surface area contributed by atoms with Gasteiger partial charge in [0.15, 0.2) is 0 Å². The molecule has 1 saturated heterocycles. The molecular formula is C12H19BrN4O. The molecule has 0 aliphatic carbocycles. The van der Waals surface area contributed by atoms with Crippen LogP contribution in [0.3, 0.4) is 0 Å². The molecule has 1 atom stereocenters. The number of nitrogens with zero attached hydrogens (tertiary/aromatic N) is 2. The molecule has 0 aromatic carbocycles. The van der Waals surface area contributed by atoms with E-state index in [2.05, 4.69) is 36.5 Å². The van der Waals surface area contributed by atoms with E-state index in [0.29, 0.717) is 6.10 Å². The van der Waals surface area contributed by atoms with E-state index in [0.717, 1.165) is 42.2 Å². The van der Waals surface area contributed by atoms with Crippen LogP contribution < -0.4 is 10.6 Å². The third-order valence-electron chi connectivity index (χ3n) is 2.90. The summed E-state index contributed by atoms with van der Waals surface area (Å²) in [5.41, 5.74) is 0. The van der Waals surface area contributed by atoms with E-state index in [1.165, 1.54) is 12.8 Å². The lowest BCUT2D eigenvalue weighted by molar-refractivity contribution is 0.0247. The molecular weight excluding hydrogens is 296 g/mol. The zero-order valence-electron chi connectivity index (χ0n) is 10.6. The lowest BCUT2D eigenvalue weighted by atomic mass is 10.1. The van der Waals surface area contributed by atoms with Crippen LogP contribution in [0.15, 0.2) is 10.8 Å². The normalized spacial score (nSPS) is 19.6. The first-order valence-corrected chi connectivity index (χ1v) is 7.20. The summed E-state index contributed by atoms with van der Waals surface area (Å²) in [6.07, 6.45) is 5.41. The van der Waals surface area contributed by atoms with E-state index in [9.17, 15) is 0 Å². The number of aromatic nitrogens is 2. The van der Waals surface area contributed by atoms with Crippen molar-refractivity contribution >= 4 is 27.6 Å². The van der Waals surface area contributed by atoms with Crippen molar-refractivity contribution < 1.29 is 4.74 Å². The van der Waals surface area contributed by atoms with Crippen LogP contribution in [-0.4, -0.2) is 35.8 Å². The predicted molar refractivity (Wildman–Crippen MR) is 76.0 cm³/mol. The van der Waals surface area contributed by atoms with E-state index < -0.39 is 0 Å². The summed E-state index contributed by atoms with van der Waals surface area (Å²) in [7, 11) is 0. The van der Waals surface area contributed by atoms with Gasteiger partial charge in [-0.25, -0.2) is 9.97 Å². The Balaban J connectivity index is 1.93. The molecule has 100 valence electrons. The first kappa shape index (κ1) is 13.5. The monoisotopic (exact) mass is 314 g/mol. The highest BCUT2D eigenvalue weighted by Crippen LogP contribution is 2.26. The van der Waals surface area contributed by atoms with E-state index in [1.54, 1.807) is 6.33 Å². The Labute approximate surface area is 116 Å². The van der Waals surface area contributed by atoms with Gasteiger partial charge in [0.05, 0.1) is 6.10 Å². The Morgan fingerprint density at radius 1 is 1.33 bits per heavy atom. The van der Waals surface area contributed by atoms with Crippen LogP contribution in [0.25, 0.3) is 0 Å². The fraction of sp³-hybridized carbons (Fsp3) is 0.667. The summed E-state index contributed by atoms with van der Waals surface area (Å²) in [5, 5.41) is 6.50. The van der Waals surface area contributed by atoms with Crippen molar-refractivity contribution in [1.29, 1.82) is 0 Å². The zero-order chi connectivity index (χ0) is 12.8. The molecule has 1 aliphatic heterocycles. The molecule has 18 heavy (non-hydrogen) atoms. The summed E-state index contributed by atoms with van der Waals surface area (Å²) in [4.78, 5) is 8.42. The minimum atomic E-state index is 0.295. The van der Waals surface area contributed by atoms with E-state index in [4.69, 9.17) is 4.74 Å². The van der Waals surface area contributed by atoms with Crippen molar-refractivity contribution in [3.05, 3.63) is 10.8 Å². The first-order chi connectivity index (χ1) is 8.81. The molecule has 0 amide bonds. The lowest BCUT2D eigenvalue weighted by Crippen LogP contribution is -2.27. The van der Waals surface area contributed by atoms with Crippen molar-refractivity contribution in [3.8, 4) is 0 Å². The van der Waals surface area contributed by atoms with Crippen LogP contribution >= 0.6 is 15.9 Å². The molecule has 2 heterocycles. The summed E-state index contributed by atoms with van der Waals surface area (Å²) < 4.78 is 6.56. The molecule has 1 aliphatic rings. The first-order valence-electron chi connectivity index (χ1n) is 6.41. The molecule has 1 aromatic rings. The van der Waals surface area contributed by atoms with Gasteiger partial charge in [-0.2, -0.15) is 0 Å². The van der Waals surface area contributed by atoms with Crippen molar-refractivity contribution in [3.63, 3.8) is 0 Å². The molecule has 6 heteroatoms. The molecule has 5 nitrogen and oxygen atoms in total. The van der Waals surface area contributed by atoms with Crippen LogP contribution in [0.1, 0.15) is 26.2 Å². The lowest BCUT2D eigenvalue weighted by Gasteiger charge is -2.23. The minimum absolute atomic E-state index is 0.295. The van der Waals surface area contributed by atoms with Gasteiger partial charge in [0.1, 0.15) is 22.4 Å². The molecule has 2 rings (SSSR count). The topological polar surface area (TPSA) is 59.1 Å². The molecule has 0 saturated carbocycles. The second-order valence-corrected chi connectivity index (χ2v) is 5.08. The van der Waals surface area contributed by atoms with Gasteiger partial charge >= 0.3 is 0 Å². The molecule has 2 N–H and O–H groups in total. The van der Waals surface area contributed by atoms with Gasteiger partial charge in [0, 0.05) is 19.7 Å². The van der Waals surface area contributed by atoms with Crippen LogP contribution in [0.2, 0.25) is 0 Å². The molecule has 1 aromatic heterocycles. The molecule has 1 fully saturated rings. The van der Waals surface area contributed by atoms with Crippen LogP contribution in [-0.2, 0) is 4.74 Å². The molecule has 1 unspecified atom stereocenters. The predicted octanol–water partition coefficient (Wildman–Crippen LogP) is 2.65. The maximum atomic E-state index is 5.68. The Kier molecular flexibility index (Phi) is 5.19. The molecule has 0 bridgehead atoms. The van der Waals surface area contributed by atoms with E-state index in [-0.39, 0.29) is 0 Å². The van der Waals surface area contributed by atoms with Crippen LogP contribution in [0.5, 0.6) is 0 Å². The summed E-state index contributed by atoms with van der Waals surface area (Å²) in [6, 6.07) is 0. The van der Waals surface area contributed by atoms with Crippen LogP contribution in [0, 0.1) is 0 Å². The number of anilines is 2. The van der Waals surface area contributed by atoms with Crippen molar-refractivity contribution in [1.82, 2.24) is 9.97 Å². The standard InChI is InChI=1S/C12H19BrN4O/c1-2-14-11-10(13)12(17-8-16-11)15-7-9-5-3-4-6-18-9/h8-9H,2-7H2,1H3,(H2,14,15,16,17). The van der Waals surface area contributed by atoms with Crippen molar-refractivity contribution in [2.24, 2.45) is 0 Å². The average molecular weight is 315 g/mol. The third kappa shape index (κ3) is 3.55. The maximum Gasteiger partial charge on any atom is 0.146 e. The summed E-state index contributed by atoms with van der Waals surface area (Å²) in [5.74, 6) is 1.63. The second kappa shape index (κ2) is 6.89. The van der Waals surface area contributed by atoms with Crippen molar-refractivity contribution in [2.75, 3.05) is 30.3 Å². The number of halogens is 1. The Morgan fingerprint density at radius 2 is 2.11 bits per heavy atom. The van der Waals surface area contributed by atoms with E-state index in [1.807, 2.05) is 6.92 Å². The minimum Gasteiger partial charge on any atom is -0.376 e. The number of rotatable bonds is 5. The second-order valence-electron chi connectivity index (χ2n) is 4.28. The highest BCUT2D eigenvalue weighted by atomic mass is 79.9. The van der Waals surface area contributed by atoms with Gasteiger partial charge in [-0.3, -0.25) is 0 Å². The Hall–Kier alpha value is -0.880. The van der Waals surface area contributed by atoms with Crippen LogP contribution in [0.4, 0.5) is 11.6 Å². The highest BCUT2D eigenvalue weighted by Gasteiger charge is 2.15. The molecule has 0 spiro atoms. The smallest absolute Gasteiger partial charge is 0.146 e. The van der Waals surface area contributed by atoms with E-state index >= 15 is 0 Å². The van der Waals surface area contributed by atoms with Gasteiger partial charge in [0.25, 0.3) is 0 Å². The number of hydrogen-bond acceptors (Lipinski definition) is 5. The largest absolute Gasteiger partial charge is 0.376 e. The van der Waals surface area contributed by atoms with Gasteiger partial charge in [-0.1, -0.05) is 0 Å². The van der Waals surface area contributed by atoms with Gasteiger partial charge in [0.2, 0.25) is 0 Å². The fourth-order valence-electron chi connectivity index (χ4n) is 1.96. The SMILES string of the molecule is CCNc1ncnc(NCC2CCCCO2)c1Br.